The highest BCUT2D eigenvalue weighted by atomic mass is 16.2. The van der Waals surface area contributed by atoms with Crippen LogP contribution < -0.4 is 15.5 Å². The Labute approximate surface area is 119 Å². The van der Waals surface area contributed by atoms with Gasteiger partial charge in [-0.2, -0.15) is 0 Å². The van der Waals surface area contributed by atoms with Crippen LogP contribution in [0.4, 0.5) is 5.69 Å². The van der Waals surface area contributed by atoms with Crippen molar-refractivity contribution in [3.8, 4) is 0 Å². The zero-order valence-corrected chi connectivity index (χ0v) is 12.0. The molecule has 0 saturated heterocycles. The molecule has 2 amide bonds. The fourth-order valence-electron chi connectivity index (χ4n) is 2.52. The van der Waals surface area contributed by atoms with Gasteiger partial charge < -0.3 is 15.5 Å². The van der Waals surface area contributed by atoms with Crippen LogP contribution >= 0.6 is 0 Å². The van der Waals surface area contributed by atoms with Crippen molar-refractivity contribution in [2.24, 2.45) is 0 Å². The van der Waals surface area contributed by atoms with Crippen molar-refractivity contribution in [1.82, 2.24) is 10.6 Å². The van der Waals surface area contributed by atoms with E-state index in [4.69, 9.17) is 0 Å². The second kappa shape index (κ2) is 6.41. The van der Waals surface area contributed by atoms with Crippen LogP contribution in [0.3, 0.4) is 0 Å². The molecule has 0 radical (unpaired) electrons. The van der Waals surface area contributed by atoms with E-state index in [9.17, 15) is 9.59 Å². The number of carbonyl (C=O) groups excluding carboxylic acids is 2. The molecule has 5 heteroatoms. The number of hydrogen-bond donors (Lipinski definition) is 2. The molecule has 1 heterocycles. The number of fused-ring (bicyclic) bond motifs is 1. The molecule has 0 aliphatic carbocycles. The summed E-state index contributed by atoms with van der Waals surface area (Å²) in [6, 6.07) is 8.44. The molecule has 1 aromatic carbocycles. The van der Waals surface area contributed by atoms with Crippen LogP contribution in [0, 0.1) is 0 Å². The van der Waals surface area contributed by atoms with Crippen LogP contribution in [0.25, 0.3) is 0 Å². The maximum atomic E-state index is 11.9. The zero-order valence-electron chi connectivity index (χ0n) is 12.0. The molecule has 1 atom stereocenters. The van der Waals surface area contributed by atoms with Crippen molar-refractivity contribution in [2.75, 3.05) is 24.5 Å². The van der Waals surface area contributed by atoms with E-state index in [0.717, 1.165) is 12.1 Å². The van der Waals surface area contributed by atoms with Crippen molar-refractivity contribution in [1.29, 1.82) is 0 Å². The molecule has 108 valence electrons. The van der Waals surface area contributed by atoms with Gasteiger partial charge in [-0.25, -0.2) is 0 Å². The summed E-state index contributed by atoms with van der Waals surface area (Å²) in [7, 11) is 0. The van der Waals surface area contributed by atoms with Crippen LogP contribution in [0.1, 0.15) is 19.4 Å². The fourth-order valence-corrected chi connectivity index (χ4v) is 2.52. The molecular weight excluding hydrogens is 254 g/mol. The van der Waals surface area contributed by atoms with E-state index in [1.807, 2.05) is 25.1 Å². The minimum atomic E-state index is -0.157. The Bertz CT molecular complexity index is 502. The summed E-state index contributed by atoms with van der Waals surface area (Å²) in [5.41, 5.74) is 2.39. The van der Waals surface area contributed by atoms with Crippen molar-refractivity contribution in [3.63, 3.8) is 0 Å². The highest BCUT2D eigenvalue weighted by Gasteiger charge is 2.26. The minimum Gasteiger partial charge on any atom is -0.359 e. The third-order valence-electron chi connectivity index (χ3n) is 3.48. The van der Waals surface area contributed by atoms with E-state index in [2.05, 4.69) is 28.5 Å². The minimum absolute atomic E-state index is 0.0382. The molecule has 0 aromatic heterocycles. The predicted octanol–water partition coefficient (Wildman–Crippen LogP) is 0.690. The molecule has 20 heavy (non-hydrogen) atoms. The maximum Gasteiger partial charge on any atom is 0.239 e. The van der Waals surface area contributed by atoms with Gasteiger partial charge in [-0.15, -0.1) is 0 Å². The highest BCUT2D eigenvalue weighted by molar-refractivity contribution is 5.87. The van der Waals surface area contributed by atoms with Gasteiger partial charge in [-0.1, -0.05) is 18.2 Å². The van der Waals surface area contributed by atoms with Gasteiger partial charge >= 0.3 is 0 Å². The van der Waals surface area contributed by atoms with Crippen LogP contribution in [0.2, 0.25) is 0 Å². The van der Waals surface area contributed by atoms with E-state index in [1.165, 1.54) is 5.56 Å². The summed E-state index contributed by atoms with van der Waals surface area (Å²) in [5.74, 6) is -0.282. The average molecular weight is 275 g/mol. The van der Waals surface area contributed by atoms with E-state index >= 15 is 0 Å². The van der Waals surface area contributed by atoms with Gasteiger partial charge in [0.1, 0.15) is 0 Å². The Morgan fingerprint density at radius 2 is 2.00 bits per heavy atom. The van der Waals surface area contributed by atoms with Crippen molar-refractivity contribution >= 4 is 17.5 Å². The van der Waals surface area contributed by atoms with Crippen LogP contribution in [-0.2, 0) is 16.0 Å². The Morgan fingerprint density at radius 1 is 1.25 bits per heavy atom. The van der Waals surface area contributed by atoms with Crippen LogP contribution in [0.15, 0.2) is 24.3 Å². The van der Waals surface area contributed by atoms with Gasteiger partial charge in [-0.3, -0.25) is 9.59 Å². The molecule has 1 aliphatic rings. The SMILES string of the molecule is CCNC(=O)CNC(=O)CN1c2ccccc2C[C@H]1C. The smallest absolute Gasteiger partial charge is 0.239 e. The number of carbonyl (C=O) groups is 2. The zero-order chi connectivity index (χ0) is 14.5. The lowest BCUT2D eigenvalue weighted by Crippen LogP contribution is -2.43. The molecule has 0 saturated carbocycles. The van der Waals surface area contributed by atoms with Crippen molar-refractivity contribution in [3.05, 3.63) is 29.8 Å². The van der Waals surface area contributed by atoms with Gasteiger partial charge in [0.25, 0.3) is 0 Å². The summed E-state index contributed by atoms with van der Waals surface area (Å²) in [6.45, 7) is 4.86. The van der Waals surface area contributed by atoms with Crippen LogP contribution in [-0.4, -0.2) is 37.5 Å². The quantitative estimate of drug-likeness (QED) is 0.831. The molecular formula is C15H21N3O2. The first-order valence-electron chi connectivity index (χ1n) is 6.99. The van der Waals surface area contributed by atoms with E-state index in [1.54, 1.807) is 0 Å². The first-order valence-corrected chi connectivity index (χ1v) is 6.99. The largest absolute Gasteiger partial charge is 0.359 e. The number of likely N-dealkylation sites (N-methyl/N-ethyl adjacent to an activating group) is 1. The molecule has 2 rings (SSSR count). The molecule has 0 fully saturated rings. The van der Waals surface area contributed by atoms with E-state index in [-0.39, 0.29) is 24.9 Å². The van der Waals surface area contributed by atoms with E-state index < -0.39 is 0 Å². The number of amides is 2. The van der Waals surface area contributed by atoms with Gasteiger partial charge in [0.15, 0.2) is 0 Å². The first-order chi connectivity index (χ1) is 9.61. The van der Waals surface area contributed by atoms with Crippen LogP contribution in [0.5, 0.6) is 0 Å². The Morgan fingerprint density at radius 3 is 2.75 bits per heavy atom. The fraction of sp³-hybridized carbons (Fsp3) is 0.467. The van der Waals surface area contributed by atoms with E-state index in [0.29, 0.717) is 12.6 Å². The summed E-state index contributed by atoms with van der Waals surface area (Å²) < 4.78 is 0. The van der Waals surface area contributed by atoms with Gasteiger partial charge in [0.05, 0.1) is 13.1 Å². The first kappa shape index (κ1) is 14.4. The normalized spacial score (nSPS) is 16.7. The third-order valence-corrected chi connectivity index (χ3v) is 3.48. The number of anilines is 1. The number of hydrogen-bond acceptors (Lipinski definition) is 3. The summed E-state index contributed by atoms with van der Waals surface area (Å²) >= 11 is 0. The van der Waals surface area contributed by atoms with Crippen molar-refractivity contribution in [2.45, 2.75) is 26.3 Å². The number of nitrogens with zero attached hydrogens (tertiary/aromatic N) is 1. The lowest BCUT2D eigenvalue weighted by molar-refractivity contribution is -0.125. The topological polar surface area (TPSA) is 61.4 Å². The number of benzene rings is 1. The molecule has 5 nitrogen and oxygen atoms in total. The lowest BCUT2D eigenvalue weighted by atomic mass is 10.1. The Kier molecular flexibility index (Phi) is 4.61. The molecule has 1 aliphatic heterocycles. The lowest BCUT2D eigenvalue weighted by Gasteiger charge is -2.24. The third kappa shape index (κ3) is 3.29. The maximum absolute atomic E-state index is 11.9. The molecule has 0 unspecified atom stereocenters. The molecule has 0 bridgehead atoms. The van der Waals surface area contributed by atoms with Gasteiger partial charge in [-0.05, 0) is 31.9 Å². The molecule has 2 N–H and O–H groups in total. The second-order valence-electron chi connectivity index (χ2n) is 5.04. The second-order valence-corrected chi connectivity index (χ2v) is 5.04. The number of nitrogens with one attached hydrogen (secondary N) is 2. The predicted molar refractivity (Wildman–Crippen MR) is 78.6 cm³/mol. The summed E-state index contributed by atoms with van der Waals surface area (Å²) in [4.78, 5) is 25.3. The monoisotopic (exact) mass is 275 g/mol. The Balaban J connectivity index is 1.90. The standard InChI is InChI=1S/C15H21N3O2/c1-3-16-14(19)9-17-15(20)10-18-11(2)8-12-6-4-5-7-13(12)18/h4-7,11H,3,8-10H2,1-2H3,(H,16,19)(H,17,20)/t11-/m1/s1. The summed E-state index contributed by atoms with van der Waals surface area (Å²) in [6.07, 6.45) is 0.958. The number of para-hydroxylation sites is 1. The molecule has 1 aromatic rings. The highest BCUT2D eigenvalue weighted by Crippen LogP contribution is 2.31. The summed E-state index contributed by atoms with van der Waals surface area (Å²) in [5, 5.41) is 5.30. The van der Waals surface area contributed by atoms with Gasteiger partial charge in [0.2, 0.25) is 11.8 Å². The Hall–Kier alpha value is -2.04. The number of rotatable bonds is 5. The molecule has 0 spiro atoms. The van der Waals surface area contributed by atoms with Crippen molar-refractivity contribution < 1.29 is 9.59 Å². The van der Waals surface area contributed by atoms with Gasteiger partial charge in [0, 0.05) is 18.3 Å². The average Bonchev–Trinajstić information content (AvgIpc) is 2.73.